The zero-order valence-corrected chi connectivity index (χ0v) is 13.3. The molecule has 5 nitrogen and oxygen atoms in total. The van der Waals surface area contributed by atoms with Crippen molar-refractivity contribution in [3.63, 3.8) is 0 Å². The van der Waals surface area contributed by atoms with Crippen LogP contribution in [0.2, 0.25) is 0 Å². The lowest BCUT2D eigenvalue weighted by molar-refractivity contribution is -0.131. The predicted octanol–water partition coefficient (Wildman–Crippen LogP) is 2.14. The Bertz CT molecular complexity index is 845. The first-order chi connectivity index (χ1) is 11.1. The van der Waals surface area contributed by atoms with E-state index in [2.05, 4.69) is 18.1 Å². The van der Waals surface area contributed by atoms with Crippen LogP contribution < -0.4 is 5.56 Å². The molecule has 2 aromatic rings. The highest BCUT2D eigenvalue weighted by Crippen LogP contribution is 2.35. The van der Waals surface area contributed by atoms with E-state index in [0.29, 0.717) is 17.2 Å². The number of nitrogens with one attached hydrogen (secondary N) is 1. The van der Waals surface area contributed by atoms with Crippen LogP contribution in [0.4, 0.5) is 0 Å². The number of hydrogen-bond acceptors (Lipinski definition) is 2. The molecule has 0 spiro atoms. The number of carbonyl (C=O) groups excluding carboxylic acids is 1. The molecule has 1 saturated heterocycles. The van der Waals surface area contributed by atoms with Crippen molar-refractivity contribution in [2.75, 3.05) is 13.1 Å². The number of fused-ring (bicyclic) bond motifs is 2. The van der Waals surface area contributed by atoms with E-state index in [4.69, 9.17) is 0 Å². The molecular weight excluding hydrogens is 290 g/mol. The molecule has 4 rings (SSSR count). The van der Waals surface area contributed by atoms with Crippen LogP contribution in [0.25, 0.3) is 10.9 Å². The van der Waals surface area contributed by atoms with E-state index in [0.717, 1.165) is 31.4 Å². The van der Waals surface area contributed by atoms with E-state index >= 15 is 0 Å². The van der Waals surface area contributed by atoms with Crippen LogP contribution in [0.15, 0.2) is 40.7 Å². The van der Waals surface area contributed by atoms with Crippen molar-refractivity contribution in [1.29, 1.82) is 0 Å². The maximum Gasteiger partial charge on any atom is 0.274 e. The number of carbonyl (C=O) groups is 1. The van der Waals surface area contributed by atoms with Gasteiger partial charge < -0.3 is 4.90 Å². The smallest absolute Gasteiger partial charge is 0.274 e. The van der Waals surface area contributed by atoms with Gasteiger partial charge in [0.2, 0.25) is 5.91 Å². The van der Waals surface area contributed by atoms with Gasteiger partial charge in [-0.2, -0.15) is 0 Å². The number of allylic oxidation sites excluding steroid dienone is 2. The summed E-state index contributed by atoms with van der Waals surface area (Å²) >= 11 is 0. The fourth-order valence-corrected chi connectivity index (χ4v) is 3.95. The summed E-state index contributed by atoms with van der Waals surface area (Å²) in [4.78, 5) is 26.9. The Morgan fingerprint density at radius 2 is 2.04 bits per heavy atom. The first-order valence-corrected chi connectivity index (χ1v) is 8.23. The molecule has 0 bridgehead atoms. The Labute approximate surface area is 134 Å². The molecule has 1 fully saturated rings. The van der Waals surface area contributed by atoms with Crippen LogP contribution in [-0.4, -0.2) is 33.7 Å². The van der Waals surface area contributed by atoms with Crippen LogP contribution in [0.5, 0.6) is 0 Å². The fourth-order valence-electron chi connectivity index (χ4n) is 3.95. The molecule has 23 heavy (non-hydrogen) atoms. The van der Waals surface area contributed by atoms with E-state index in [9.17, 15) is 9.59 Å². The number of benzene rings is 1. The average molecular weight is 311 g/mol. The lowest BCUT2D eigenvalue weighted by Crippen LogP contribution is -2.35. The number of para-hydroxylation sites is 1. The van der Waals surface area contributed by atoms with Crippen LogP contribution in [0.1, 0.15) is 19.8 Å². The molecule has 5 heteroatoms. The first kappa shape index (κ1) is 14.3. The molecule has 2 heterocycles. The Hall–Kier alpha value is -2.30. The summed E-state index contributed by atoms with van der Waals surface area (Å²) in [7, 11) is 0. The third kappa shape index (κ3) is 2.50. The average Bonchev–Trinajstić information content (AvgIpc) is 3.09. The van der Waals surface area contributed by atoms with Gasteiger partial charge in [-0.1, -0.05) is 23.8 Å². The molecule has 1 aliphatic carbocycles. The third-order valence-corrected chi connectivity index (χ3v) is 5.23. The number of aromatic amines is 1. The normalized spacial score (nSPS) is 23.9. The summed E-state index contributed by atoms with van der Waals surface area (Å²) in [5, 5.41) is 3.67. The second-order valence-electron chi connectivity index (χ2n) is 6.86. The largest absolute Gasteiger partial charge is 0.340 e. The molecule has 1 N–H and O–H groups in total. The molecule has 0 unspecified atom stereocenters. The quantitative estimate of drug-likeness (QED) is 0.864. The summed E-state index contributed by atoms with van der Waals surface area (Å²) in [6.07, 6.45) is 4.48. The molecule has 1 aliphatic heterocycles. The van der Waals surface area contributed by atoms with E-state index < -0.39 is 0 Å². The number of likely N-dealkylation sites (tertiary alicyclic amines) is 1. The van der Waals surface area contributed by atoms with Gasteiger partial charge >= 0.3 is 0 Å². The van der Waals surface area contributed by atoms with Crippen LogP contribution in [0.3, 0.4) is 0 Å². The van der Waals surface area contributed by atoms with Crippen molar-refractivity contribution in [1.82, 2.24) is 14.7 Å². The summed E-state index contributed by atoms with van der Waals surface area (Å²) < 4.78 is 1.43. The van der Waals surface area contributed by atoms with Crippen LogP contribution >= 0.6 is 0 Å². The van der Waals surface area contributed by atoms with E-state index in [-0.39, 0.29) is 18.0 Å². The predicted molar refractivity (Wildman–Crippen MR) is 89.1 cm³/mol. The maximum atomic E-state index is 12.6. The van der Waals surface area contributed by atoms with Gasteiger partial charge in [0.1, 0.15) is 6.54 Å². The number of amides is 1. The molecule has 0 saturated carbocycles. The van der Waals surface area contributed by atoms with E-state index in [1.165, 1.54) is 10.3 Å². The Balaban J connectivity index is 1.50. The Morgan fingerprint density at radius 1 is 1.26 bits per heavy atom. The number of H-pyrrole nitrogens is 1. The van der Waals surface area contributed by atoms with Crippen molar-refractivity contribution >= 4 is 16.8 Å². The zero-order valence-electron chi connectivity index (χ0n) is 13.3. The third-order valence-electron chi connectivity index (χ3n) is 5.23. The van der Waals surface area contributed by atoms with Gasteiger partial charge in [-0.05, 0) is 43.7 Å². The van der Waals surface area contributed by atoms with Gasteiger partial charge in [0.25, 0.3) is 5.56 Å². The second-order valence-corrected chi connectivity index (χ2v) is 6.86. The minimum absolute atomic E-state index is 0.0331. The van der Waals surface area contributed by atoms with Gasteiger partial charge in [0, 0.05) is 13.1 Å². The number of nitrogens with zero attached hydrogens (tertiary/aromatic N) is 2. The summed E-state index contributed by atoms with van der Waals surface area (Å²) in [5.74, 6) is 1.20. The van der Waals surface area contributed by atoms with E-state index in [1.807, 2.05) is 23.1 Å². The van der Waals surface area contributed by atoms with Crippen LogP contribution in [-0.2, 0) is 11.3 Å². The lowest BCUT2D eigenvalue weighted by Gasteiger charge is -2.21. The van der Waals surface area contributed by atoms with Gasteiger partial charge in [0.05, 0.1) is 10.9 Å². The molecule has 120 valence electrons. The van der Waals surface area contributed by atoms with Crippen molar-refractivity contribution in [2.45, 2.75) is 26.3 Å². The van der Waals surface area contributed by atoms with Crippen molar-refractivity contribution < 1.29 is 4.79 Å². The second kappa shape index (κ2) is 5.41. The van der Waals surface area contributed by atoms with Crippen molar-refractivity contribution in [2.24, 2.45) is 11.8 Å². The van der Waals surface area contributed by atoms with Gasteiger partial charge in [-0.15, -0.1) is 0 Å². The van der Waals surface area contributed by atoms with E-state index in [1.54, 1.807) is 6.07 Å². The molecule has 0 radical (unpaired) electrons. The Kier molecular flexibility index (Phi) is 3.36. The maximum absolute atomic E-state index is 12.6. The monoisotopic (exact) mass is 311 g/mol. The lowest BCUT2D eigenvalue weighted by atomic mass is 9.83. The van der Waals surface area contributed by atoms with Crippen molar-refractivity contribution in [3.05, 3.63) is 46.3 Å². The van der Waals surface area contributed by atoms with Crippen molar-refractivity contribution in [3.8, 4) is 0 Å². The topological polar surface area (TPSA) is 58.1 Å². The van der Waals surface area contributed by atoms with Crippen LogP contribution in [0, 0.1) is 11.8 Å². The molecule has 1 aromatic heterocycles. The molecular formula is C18H21N3O2. The minimum Gasteiger partial charge on any atom is -0.340 e. The number of rotatable bonds is 2. The highest BCUT2D eigenvalue weighted by molar-refractivity contribution is 5.80. The molecule has 1 amide bonds. The summed E-state index contributed by atoms with van der Waals surface area (Å²) in [6.45, 7) is 3.91. The first-order valence-electron chi connectivity index (χ1n) is 8.23. The Morgan fingerprint density at radius 3 is 2.87 bits per heavy atom. The SMILES string of the molecule is CC1=CC[C@@H]2CN(C(=O)Cn3[nH]c4ccccc4c3=O)C[C@@H]2C1. The fraction of sp³-hybridized carbons (Fsp3) is 0.444. The van der Waals surface area contributed by atoms with Gasteiger partial charge in [0.15, 0.2) is 0 Å². The van der Waals surface area contributed by atoms with Gasteiger partial charge in [-0.25, -0.2) is 4.68 Å². The zero-order chi connectivity index (χ0) is 16.0. The number of aromatic nitrogens is 2. The molecule has 2 atom stereocenters. The highest BCUT2D eigenvalue weighted by atomic mass is 16.2. The highest BCUT2D eigenvalue weighted by Gasteiger charge is 2.36. The summed E-state index contributed by atoms with van der Waals surface area (Å²) in [6, 6.07) is 7.36. The molecule has 2 aliphatic rings. The summed E-state index contributed by atoms with van der Waals surface area (Å²) in [5.41, 5.74) is 2.09. The van der Waals surface area contributed by atoms with Gasteiger partial charge in [-0.3, -0.25) is 14.7 Å². The number of hydrogen-bond donors (Lipinski definition) is 1. The molecule has 1 aromatic carbocycles. The standard InChI is InChI=1S/C18H21N3O2/c1-12-6-7-13-9-20(10-14(13)8-12)17(22)11-21-18(23)15-4-2-3-5-16(15)19-21/h2-6,13-14,19H,7-11H2,1H3/t13-,14+/m1/s1. The minimum atomic E-state index is -0.122.